The van der Waals surface area contributed by atoms with Crippen LogP contribution < -0.4 is 0 Å². The first-order valence-electron chi connectivity index (χ1n) is 9.54. The molecule has 1 spiro atoms. The highest BCUT2D eigenvalue weighted by Gasteiger charge is 2.72. The molecule has 2 heterocycles. The van der Waals surface area contributed by atoms with Gasteiger partial charge in [0, 0.05) is 0 Å². The Hall–Kier alpha value is -0.870. The molecule has 1 aromatic rings. The highest BCUT2D eigenvalue weighted by atomic mass is 32.2. The summed E-state index contributed by atoms with van der Waals surface area (Å²) < 4.78 is 6.33. The first kappa shape index (κ1) is 15.2. The summed E-state index contributed by atoms with van der Waals surface area (Å²) in [4.78, 5) is 14.3. The quantitative estimate of drug-likeness (QED) is 0.519. The molecule has 5 aliphatic rings. The minimum Gasteiger partial charge on any atom is -0.465 e. The molecular weight excluding hydrogens is 348 g/mol. The summed E-state index contributed by atoms with van der Waals surface area (Å²) in [7, 11) is 0. The van der Waals surface area contributed by atoms with Crippen LogP contribution in [0.4, 0.5) is 0 Å². The fourth-order valence-corrected chi connectivity index (χ4v) is 9.25. The van der Waals surface area contributed by atoms with Crippen LogP contribution in [0.2, 0.25) is 0 Å². The van der Waals surface area contributed by atoms with Gasteiger partial charge in [0.05, 0.1) is 20.8 Å². The number of thioether (sulfide) groups is 1. The van der Waals surface area contributed by atoms with E-state index in [9.17, 15) is 4.79 Å². The number of furan rings is 1. The lowest BCUT2D eigenvalue weighted by Gasteiger charge is -2.49. The van der Waals surface area contributed by atoms with Gasteiger partial charge in [-0.3, -0.25) is 4.79 Å². The molecule has 6 rings (SSSR count). The van der Waals surface area contributed by atoms with Gasteiger partial charge in [-0.05, 0) is 92.2 Å². The fourth-order valence-electron chi connectivity index (χ4n) is 7.63. The number of ketones is 1. The van der Waals surface area contributed by atoms with Crippen molar-refractivity contribution < 1.29 is 9.21 Å². The van der Waals surface area contributed by atoms with E-state index in [1.54, 1.807) is 6.26 Å². The molecule has 2 nitrogen and oxygen atoms in total. The summed E-state index contributed by atoms with van der Waals surface area (Å²) in [6.45, 7) is 2.16. The summed E-state index contributed by atoms with van der Waals surface area (Å²) in [5.41, 5.74) is 0.229. The molecule has 5 atom stereocenters. The normalized spacial score (nSPS) is 51.4. The minimum atomic E-state index is -0.457. The van der Waals surface area contributed by atoms with Crippen molar-refractivity contribution in [2.24, 2.45) is 40.4 Å². The third kappa shape index (κ3) is 1.69. The van der Waals surface area contributed by atoms with Gasteiger partial charge in [0.2, 0.25) is 0 Å². The molecule has 25 heavy (non-hydrogen) atoms. The summed E-state index contributed by atoms with van der Waals surface area (Å²) >= 11 is 7.34. The molecule has 0 aromatic carbocycles. The lowest BCUT2D eigenvalue weighted by molar-refractivity contribution is -0.124. The number of hydrogen-bond acceptors (Lipinski definition) is 4. The molecule has 0 N–H and O–H groups in total. The average molecular weight is 371 g/mol. The smallest absolute Gasteiger partial charge is 0.181 e. The van der Waals surface area contributed by atoms with E-state index in [1.807, 2.05) is 18.2 Å². The van der Waals surface area contributed by atoms with E-state index in [-0.39, 0.29) is 5.78 Å². The number of Topliss-reactive ketones (excluding diaryl/α,β-unsaturated/α-hetero) is 1. The van der Waals surface area contributed by atoms with E-state index in [1.165, 1.54) is 43.9 Å². The van der Waals surface area contributed by atoms with Crippen molar-refractivity contribution in [1.29, 1.82) is 0 Å². The van der Waals surface area contributed by atoms with E-state index in [0.717, 1.165) is 26.7 Å². The van der Waals surface area contributed by atoms with Crippen LogP contribution in [0.3, 0.4) is 0 Å². The van der Waals surface area contributed by atoms with Crippen molar-refractivity contribution in [2.45, 2.75) is 39.0 Å². The van der Waals surface area contributed by atoms with Crippen LogP contribution in [-0.4, -0.2) is 9.98 Å². The number of carbonyl (C=O) groups excluding carboxylic acids is 1. The number of allylic oxidation sites excluding steroid dienone is 1. The number of hydrogen-bond donors (Lipinski definition) is 0. The third-order valence-corrected chi connectivity index (χ3v) is 10.3. The SMILES string of the molecule is CC1(C2C3CC4CC5CC2CC45C3)C(=O)C(=Cc2ccco2)SC1=S. The third-order valence-electron chi connectivity index (χ3n) is 8.48. The molecule has 3 bridgehead atoms. The lowest BCUT2D eigenvalue weighted by atomic mass is 9.55. The first-order valence-corrected chi connectivity index (χ1v) is 10.8. The van der Waals surface area contributed by atoms with E-state index < -0.39 is 5.41 Å². The van der Waals surface area contributed by atoms with Gasteiger partial charge >= 0.3 is 0 Å². The molecule has 1 saturated heterocycles. The second-order valence-electron chi connectivity index (χ2n) is 9.23. The van der Waals surface area contributed by atoms with Gasteiger partial charge in [0.15, 0.2) is 5.78 Å². The Morgan fingerprint density at radius 3 is 2.60 bits per heavy atom. The maximum absolute atomic E-state index is 13.5. The van der Waals surface area contributed by atoms with Crippen LogP contribution >= 0.6 is 24.0 Å². The zero-order valence-corrected chi connectivity index (χ0v) is 16.0. The molecule has 1 aliphatic heterocycles. The van der Waals surface area contributed by atoms with Crippen LogP contribution in [-0.2, 0) is 4.79 Å². The topological polar surface area (TPSA) is 30.2 Å². The molecular formula is C21H22O2S2. The Labute approximate surface area is 157 Å². The van der Waals surface area contributed by atoms with Crippen LogP contribution in [0, 0.1) is 40.4 Å². The van der Waals surface area contributed by atoms with Crippen LogP contribution in [0.5, 0.6) is 0 Å². The highest BCUT2D eigenvalue weighted by molar-refractivity contribution is 8.27. The van der Waals surface area contributed by atoms with Crippen molar-refractivity contribution in [3.63, 3.8) is 0 Å². The molecule has 130 valence electrons. The Bertz CT molecular complexity index is 799. The van der Waals surface area contributed by atoms with Gasteiger partial charge in [-0.2, -0.15) is 0 Å². The Morgan fingerprint density at radius 1 is 1.24 bits per heavy atom. The molecule has 5 unspecified atom stereocenters. The predicted octanol–water partition coefficient (Wildman–Crippen LogP) is 5.34. The summed E-state index contributed by atoms with van der Waals surface area (Å²) in [6.07, 6.45) is 10.5. The van der Waals surface area contributed by atoms with Crippen molar-refractivity contribution in [1.82, 2.24) is 0 Å². The van der Waals surface area contributed by atoms with Crippen LogP contribution in [0.1, 0.15) is 44.8 Å². The molecule has 4 aliphatic carbocycles. The zero-order chi connectivity index (χ0) is 17.0. The largest absolute Gasteiger partial charge is 0.465 e. The van der Waals surface area contributed by atoms with Gasteiger partial charge in [-0.25, -0.2) is 0 Å². The molecule has 0 radical (unpaired) electrons. The first-order chi connectivity index (χ1) is 12.0. The van der Waals surface area contributed by atoms with E-state index in [2.05, 4.69) is 6.92 Å². The standard InChI is InChI=1S/C21H22O2S2/c1-20(18(22)16(25-19(20)24)8-15-3-2-4-23-15)17-11-5-13-7-14-6-12(17)10-21(13,14)9-11/h2-4,8,11-14,17H,5-7,9-10H2,1H3. The molecule has 4 heteroatoms. The van der Waals surface area contributed by atoms with Crippen LogP contribution in [0.15, 0.2) is 27.7 Å². The molecule has 5 fully saturated rings. The number of fused-ring (bicyclic) bond motifs is 2. The second-order valence-corrected chi connectivity index (χ2v) is 11.0. The number of rotatable bonds is 2. The molecule has 0 amide bonds. The van der Waals surface area contributed by atoms with E-state index in [4.69, 9.17) is 16.6 Å². The Kier molecular flexibility index (Phi) is 2.86. The fraction of sp³-hybridized carbons (Fsp3) is 0.619. The second kappa shape index (κ2) is 4.69. The van der Waals surface area contributed by atoms with Gasteiger partial charge in [0.25, 0.3) is 0 Å². The van der Waals surface area contributed by atoms with Gasteiger partial charge in [0.1, 0.15) is 5.76 Å². The Balaban J connectivity index is 1.39. The lowest BCUT2D eigenvalue weighted by Crippen LogP contribution is -2.46. The summed E-state index contributed by atoms with van der Waals surface area (Å²) in [5.74, 6) is 4.80. The highest BCUT2D eigenvalue weighted by Crippen LogP contribution is 2.78. The average Bonchev–Trinajstić information content (AvgIpc) is 3.27. The maximum atomic E-state index is 13.5. The summed E-state index contributed by atoms with van der Waals surface area (Å²) in [5, 5.41) is 0. The van der Waals surface area contributed by atoms with Crippen molar-refractivity contribution in [3.05, 3.63) is 29.1 Å². The number of carbonyl (C=O) groups is 1. The Morgan fingerprint density at radius 2 is 1.96 bits per heavy atom. The van der Waals surface area contributed by atoms with Crippen molar-refractivity contribution >= 4 is 40.0 Å². The predicted molar refractivity (Wildman–Crippen MR) is 103 cm³/mol. The van der Waals surface area contributed by atoms with Gasteiger partial charge in [-0.15, -0.1) is 0 Å². The number of thiocarbonyl (C=S) groups is 1. The minimum absolute atomic E-state index is 0.254. The maximum Gasteiger partial charge on any atom is 0.181 e. The van der Waals surface area contributed by atoms with Crippen molar-refractivity contribution in [3.8, 4) is 0 Å². The van der Waals surface area contributed by atoms with E-state index >= 15 is 0 Å². The monoisotopic (exact) mass is 370 g/mol. The summed E-state index contributed by atoms with van der Waals surface area (Å²) in [6, 6.07) is 3.76. The van der Waals surface area contributed by atoms with Crippen molar-refractivity contribution in [2.75, 3.05) is 0 Å². The molecule has 1 aromatic heterocycles. The van der Waals surface area contributed by atoms with Crippen LogP contribution in [0.25, 0.3) is 6.08 Å². The van der Waals surface area contributed by atoms with E-state index in [0.29, 0.717) is 23.2 Å². The van der Waals surface area contributed by atoms with Gasteiger partial charge < -0.3 is 4.42 Å². The van der Waals surface area contributed by atoms with Gasteiger partial charge in [-0.1, -0.05) is 24.0 Å². The molecule has 4 saturated carbocycles. The zero-order valence-electron chi connectivity index (χ0n) is 14.4.